The standard InChI is InChI=1S/C24H21F3N6O2/c25-24(26,27)13-35-21-7-4-17(12-29-21)15-8-9-28-20(11-15)23(34)31-18-3-1-2-16(10-18)22-32-30-14-33(22)19-5-6-19/h1-4,7-11,14,17,19H,5-6,12-13H2,(H,31,34). The van der Waals surface area contributed by atoms with E-state index < -0.39 is 12.8 Å². The first-order valence-corrected chi connectivity index (χ1v) is 11.1. The Bertz CT molecular complexity index is 1300. The van der Waals surface area contributed by atoms with Gasteiger partial charge in [0.2, 0.25) is 5.90 Å². The Kier molecular flexibility index (Phi) is 6.06. The number of rotatable bonds is 6. The quantitative estimate of drug-likeness (QED) is 0.556. The second-order valence-electron chi connectivity index (χ2n) is 8.35. The van der Waals surface area contributed by atoms with Crippen LogP contribution in [0.25, 0.3) is 11.4 Å². The molecule has 0 bridgehead atoms. The molecule has 1 N–H and O–H groups in total. The Hall–Kier alpha value is -4.02. The van der Waals surface area contributed by atoms with E-state index in [4.69, 9.17) is 0 Å². The molecule has 1 aliphatic heterocycles. The van der Waals surface area contributed by atoms with Crippen LogP contribution >= 0.6 is 0 Å². The highest BCUT2D eigenvalue weighted by Crippen LogP contribution is 2.37. The summed E-state index contributed by atoms with van der Waals surface area (Å²) in [4.78, 5) is 21.1. The zero-order chi connectivity index (χ0) is 24.4. The lowest BCUT2D eigenvalue weighted by molar-refractivity contribution is -0.156. The zero-order valence-corrected chi connectivity index (χ0v) is 18.4. The number of halogens is 3. The summed E-state index contributed by atoms with van der Waals surface area (Å²) in [5, 5.41) is 11.1. The predicted octanol–water partition coefficient (Wildman–Crippen LogP) is 4.56. The molecule has 2 aliphatic rings. The Morgan fingerprint density at radius 2 is 2.06 bits per heavy atom. The van der Waals surface area contributed by atoms with Gasteiger partial charge >= 0.3 is 6.18 Å². The number of dihydropyridines is 1. The Morgan fingerprint density at radius 1 is 1.20 bits per heavy atom. The van der Waals surface area contributed by atoms with E-state index >= 15 is 0 Å². The molecule has 1 saturated carbocycles. The van der Waals surface area contributed by atoms with Crippen LogP contribution in [-0.2, 0) is 4.74 Å². The first-order chi connectivity index (χ1) is 16.9. The average Bonchev–Trinajstić information content (AvgIpc) is 3.58. The molecular weight excluding hydrogens is 461 g/mol. The molecule has 1 amide bonds. The first-order valence-electron chi connectivity index (χ1n) is 11.1. The Morgan fingerprint density at radius 3 is 2.80 bits per heavy atom. The minimum atomic E-state index is -4.42. The highest BCUT2D eigenvalue weighted by Gasteiger charge is 2.29. The molecule has 3 aromatic rings. The molecule has 11 heteroatoms. The number of hydrogen-bond acceptors (Lipinski definition) is 6. The molecule has 5 rings (SSSR count). The molecule has 35 heavy (non-hydrogen) atoms. The molecule has 1 atom stereocenters. The van der Waals surface area contributed by atoms with Gasteiger partial charge in [0.15, 0.2) is 12.4 Å². The van der Waals surface area contributed by atoms with Gasteiger partial charge in [0.05, 0.1) is 6.54 Å². The van der Waals surface area contributed by atoms with Crippen LogP contribution in [0.2, 0.25) is 0 Å². The highest BCUT2D eigenvalue weighted by molar-refractivity contribution is 6.03. The van der Waals surface area contributed by atoms with Crippen LogP contribution in [0.3, 0.4) is 0 Å². The third-order valence-electron chi connectivity index (χ3n) is 5.64. The number of nitrogens with one attached hydrogen (secondary N) is 1. The van der Waals surface area contributed by atoms with Crippen molar-refractivity contribution in [3.05, 3.63) is 72.3 Å². The topological polar surface area (TPSA) is 94.3 Å². The van der Waals surface area contributed by atoms with Crippen molar-refractivity contribution < 1.29 is 22.7 Å². The maximum Gasteiger partial charge on any atom is 0.422 e. The van der Waals surface area contributed by atoms with Crippen LogP contribution in [-0.4, -0.2) is 50.9 Å². The third kappa shape index (κ3) is 5.56. The van der Waals surface area contributed by atoms with Crippen LogP contribution in [0, 0.1) is 0 Å². The predicted molar refractivity (Wildman–Crippen MR) is 122 cm³/mol. The average molecular weight is 482 g/mol. The number of hydrogen-bond donors (Lipinski definition) is 1. The number of anilines is 1. The fourth-order valence-electron chi connectivity index (χ4n) is 3.77. The molecule has 0 saturated heterocycles. The summed E-state index contributed by atoms with van der Waals surface area (Å²) in [6, 6.07) is 11.2. The molecular formula is C24H21F3N6O2. The molecule has 1 unspecified atom stereocenters. The zero-order valence-electron chi connectivity index (χ0n) is 18.4. The number of alkyl halides is 3. The third-order valence-corrected chi connectivity index (χ3v) is 5.64. The number of pyridine rings is 1. The van der Waals surface area contributed by atoms with Gasteiger partial charge in [-0.05, 0) is 48.7 Å². The summed E-state index contributed by atoms with van der Waals surface area (Å²) in [6.45, 7) is -1.18. The van der Waals surface area contributed by atoms with E-state index in [1.807, 2.05) is 22.8 Å². The molecule has 0 radical (unpaired) electrons. The number of ether oxygens (including phenoxy) is 1. The van der Waals surface area contributed by atoms with Gasteiger partial charge in [-0.2, -0.15) is 13.2 Å². The normalized spacial score (nSPS) is 17.7. The first kappa shape index (κ1) is 22.8. The summed E-state index contributed by atoms with van der Waals surface area (Å²) in [5.74, 6) is 0.0972. The molecule has 1 fully saturated rings. The van der Waals surface area contributed by atoms with E-state index in [9.17, 15) is 18.0 Å². The second-order valence-corrected chi connectivity index (χ2v) is 8.35. The summed E-state index contributed by atoms with van der Waals surface area (Å²) in [5.41, 5.74) is 2.43. The van der Waals surface area contributed by atoms with Crippen molar-refractivity contribution in [2.75, 3.05) is 18.5 Å². The van der Waals surface area contributed by atoms with E-state index in [2.05, 4.69) is 30.2 Å². The summed E-state index contributed by atoms with van der Waals surface area (Å²) in [6.07, 6.45) is 4.14. The van der Waals surface area contributed by atoms with Crippen LogP contribution in [0.4, 0.5) is 18.9 Å². The van der Waals surface area contributed by atoms with Crippen molar-refractivity contribution in [2.45, 2.75) is 31.0 Å². The SMILES string of the molecule is O=C(Nc1cccc(-c2nncn2C2CC2)c1)c1cc(C2C=CC(OCC(F)(F)F)=NC2)ccn1. The van der Waals surface area contributed by atoms with Gasteiger partial charge in [-0.25, -0.2) is 0 Å². The maximum atomic E-state index is 12.9. The number of amides is 1. The number of nitrogens with zero attached hydrogens (tertiary/aromatic N) is 5. The lowest BCUT2D eigenvalue weighted by Crippen LogP contribution is -2.21. The minimum Gasteiger partial charge on any atom is -0.468 e. The number of carbonyl (C=O) groups is 1. The van der Waals surface area contributed by atoms with E-state index in [0.717, 1.165) is 29.8 Å². The second kappa shape index (κ2) is 9.32. The molecule has 8 nitrogen and oxygen atoms in total. The maximum absolute atomic E-state index is 12.9. The van der Waals surface area contributed by atoms with Crippen molar-refractivity contribution in [3.63, 3.8) is 0 Å². The van der Waals surface area contributed by atoms with E-state index in [0.29, 0.717) is 11.7 Å². The van der Waals surface area contributed by atoms with Crippen molar-refractivity contribution >= 4 is 17.5 Å². The van der Waals surface area contributed by atoms with Gasteiger partial charge in [-0.15, -0.1) is 10.2 Å². The van der Waals surface area contributed by atoms with Gasteiger partial charge in [0, 0.05) is 29.4 Å². The van der Waals surface area contributed by atoms with Crippen LogP contribution < -0.4 is 5.32 Å². The van der Waals surface area contributed by atoms with Gasteiger partial charge in [0.1, 0.15) is 12.0 Å². The Balaban J connectivity index is 1.25. The van der Waals surface area contributed by atoms with Crippen LogP contribution in [0.5, 0.6) is 0 Å². The Labute approximate surface area is 198 Å². The van der Waals surface area contributed by atoms with Gasteiger partial charge in [-0.3, -0.25) is 14.8 Å². The van der Waals surface area contributed by atoms with E-state index in [1.54, 1.807) is 30.6 Å². The molecule has 3 heterocycles. The summed E-state index contributed by atoms with van der Waals surface area (Å²) in [7, 11) is 0. The molecule has 180 valence electrons. The van der Waals surface area contributed by atoms with Gasteiger partial charge < -0.3 is 14.6 Å². The molecule has 2 aromatic heterocycles. The van der Waals surface area contributed by atoms with Crippen LogP contribution in [0.1, 0.15) is 40.9 Å². The lowest BCUT2D eigenvalue weighted by atomic mass is 9.97. The van der Waals surface area contributed by atoms with Crippen LogP contribution in [0.15, 0.2) is 66.1 Å². The van der Waals surface area contributed by atoms with Crippen molar-refractivity contribution in [1.29, 1.82) is 0 Å². The monoisotopic (exact) mass is 482 g/mol. The minimum absolute atomic E-state index is 0.0667. The number of carbonyl (C=O) groups excluding carboxylic acids is 1. The fraction of sp³-hybridized carbons (Fsp3) is 0.292. The van der Waals surface area contributed by atoms with Crippen molar-refractivity contribution in [1.82, 2.24) is 19.7 Å². The van der Waals surface area contributed by atoms with E-state index in [-0.39, 0.29) is 30.0 Å². The highest BCUT2D eigenvalue weighted by atomic mass is 19.4. The smallest absolute Gasteiger partial charge is 0.422 e. The molecule has 1 aromatic carbocycles. The molecule has 0 spiro atoms. The van der Waals surface area contributed by atoms with E-state index in [1.165, 1.54) is 12.3 Å². The summed E-state index contributed by atoms with van der Waals surface area (Å²) >= 11 is 0. The summed E-state index contributed by atoms with van der Waals surface area (Å²) < 4.78 is 43.7. The number of aromatic nitrogens is 4. The van der Waals surface area contributed by atoms with Gasteiger partial charge in [-0.1, -0.05) is 18.2 Å². The lowest BCUT2D eigenvalue weighted by Gasteiger charge is -2.17. The van der Waals surface area contributed by atoms with Crippen molar-refractivity contribution in [2.24, 2.45) is 4.99 Å². The largest absolute Gasteiger partial charge is 0.468 e. The van der Waals surface area contributed by atoms with Crippen molar-refractivity contribution in [3.8, 4) is 11.4 Å². The number of aliphatic imine (C=N–C) groups is 1. The molecule has 1 aliphatic carbocycles. The fourth-order valence-corrected chi connectivity index (χ4v) is 3.77. The van der Waals surface area contributed by atoms with Gasteiger partial charge in [0.25, 0.3) is 5.91 Å². The number of benzene rings is 1.